The molecule has 0 aliphatic heterocycles. The molecule has 5 aromatic rings. The van der Waals surface area contributed by atoms with Crippen molar-refractivity contribution in [2.75, 3.05) is 5.32 Å². The van der Waals surface area contributed by atoms with Crippen molar-refractivity contribution in [3.05, 3.63) is 70.4 Å². The zero-order chi connectivity index (χ0) is 23.3. The van der Waals surface area contributed by atoms with E-state index in [4.69, 9.17) is 0 Å². The highest BCUT2D eigenvalue weighted by molar-refractivity contribution is 5.87. The number of rotatable bonds is 5. The van der Waals surface area contributed by atoms with Crippen LogP contribution in [0, 0.1) is 6.92 Å². The Hall–Kier alpha value is -3.98. The van der Waals surface area contributed by atoms with Gasteiger partial charge in [0.2, 0.25) is 5.95 Å². The first-order chi connectivity index (χ1) is 15.8. The normalized spacial score (nSPS) is 12.0. The fourth-order valence-electron chi connectivity index (χ4n) is 4.04. The van der Waals surface area contributed by atoms with Crippen molar-refractivity contribution in [3.63, 3.8) is 0 Å². The molecule has 0 spiro atoms. The van der Waals surface area contributed by atoms with Crippen LogP contribution in [-0.2, 0) is 12.1 Å². The van der Waals surface area contributed by atoms with E-state index in [1.54, 1.807) is 41.4 Å². The lowest BCUT2D eigenvalue weighted by Gasteiger charge is -2.18. The van der Waals surface area contributed by atoms with Crippen LogP contribution in [0.1, 0.15) is 32.0 Å². The molecule has 0 saturated heterocycles. The van der Waals surface area contributed by atoms with E-state index in [0.717, 1.165) is 22.2 Å². The van der Waals surface area contributed by atoms with E-state index in [0.29, 0.717) is 35.0 Å². The fraction of sp³-hybridized carbons (Fsp3) is 0.250. The van der Waals surface area contributed by atoms with Crippen LogP contribution < -0.4 is 10.9 Å². The van der Waals surface area contributed by atoms with E-state index in [1.807, 2.05) is 38.2 Å². The number of H-pyrrole nitrogens is 1. The van der Waals surface area contributed by atoms with Crippen molar-refractivity contribution in [2.24, 2.45) is 0 Å². The Balaban J connectivity index is 1.65. The monoisotopic (exact) mass is 443 g/mol. The SMILES string of the molecule is CCn1c(=O)c2cnc(Nc3cc(C)c4cc[nH]c4c3)nc2n1-c1cccc(C(C)(C)O)n1. The van der Waals surface area contributed by atoms with Gasteiger partial charge < -0.3 is 15.4 Å². The van der Waals surface area contributed by atoms with Crippen LogP contribution in [0.5, 0.6) is 0 Å². The summed E-state index contributed by atoms with van der Waals surface area (Å²) in [6.45, 7) is 7.71. The molecule has 3 N–H and O–H groups in total. The molecular weight excluding hydrogens is 418 g/mol. The number of benzene rings is 1. The summed E-state index contributed by atoms with van der Waals surface area (Å²) in [6, 6.07) is 11.4. The molecule has 168 valence electrons. The average molecular weight is 444 g/mol. The Morgan fingerprint density at radius 1 is 1.15 bits per heavy atom. The predicted molar refractivity (Wildman–Crippen MR) is 128 cm³/mol. The van der Waals surface area contributed by atoms with Crippen molar-refractivity contribution in [2.45, 2.75) is 39.8 Å². The molecular formula is C24H25N7O2. The second kappa shape index (κ2) is 7.56. The number of aryl methyl sites for hydroxylation is 1. The minimum Gasteiger partial charge on any atom is -0.384 e. The number of aromatic amines is 1. The molecule has 0 aliphatic carbocycles. The number of anilines is 2. The van der Waals surface area contributed by atoms with Gasteiger partial charge in [0.1, 0.15) is 11.0 Å². The number of hydrogen-bond acceptors (Lipinski definition) is 6. The summed E-state index contributed by atoms with van der Waals surface area (Å²) < 4.78 is 3.24. The molecule has 4 aromatic heterocycles. The molecule has 0 atom stereocenters. The Bertz CT molecular complexity index is 1550. The highest BCUT2D eigenvalue weighted by atomic mass is 16.3. The second-order valence-electron chi connectivity index (χ2n) is 8.56. The molecule has 9 heteroatoms. The van der Waals surface area contributed by atoms with Gasteiger partial charge in [-0.25, -0.2) is 19.3 Å². The zero-order valence-corrected chi connectivity index (χ0v) is 18.9. The van der Waals surface area contributed by atoms with Gasteiger partial charge in [-0.2, -0.15) is 4.98 Å². The van der Waals surface area contributed by atoms with Gasteiger partial charge in [0.15, 0.2) is 11.5 Å². The number of aromatic nitrogens is 6. The highest BCUT2D eigenvalue weighted by Gasteiger charge is 2.21. The Labute approximate surface area is 189 Å². The van der Waals surface area contributed by atoms with Crippen LogP contribution in [0.2, 0.25) is 0 Å². The van der Waals surface area contributed by atoms with E-state index >= 15 is 0 Å². The predicted octanol–water partition coefficient (Wildman–Crippen LogP) is 3.76. The number of pyridine rings is 1. The van der Waals surface area contributed by atoms with Gasteiger partial charge >= 0.3 is 0 Å². The van der Waals surface area contributed by atoms with Crippen LogP contribution in [0.4, 0.5) is 11.6 Å². The molecule has 0 fully saturated rings. The van der Waals surface area contributed by atoms with Crippen molar-refractivity contribution in [1.29, 1.82) is 0 Å². The summed E-state index contributed by atoms with van der Waals surface area (Å²) in [6.07, 6.45) is 3.44. The van der Waals surface area contributed by atoms with Gasteiger partial charge in [0.05, 0.1) is 5.69 Å². The van der Waals surface area contributed by atoms with E-state index in [2.05, 4.69) is 25.3 Å². The average Bonchev–Trinajstić information content (AvgIpc) is 3.36. The Morgan fingerprint density at radius 2 is 1.97 bits per heavy atom. The van der Waals surface area contributed by atoms with Crippen LogP contribution in [0.3, 0.4) is 0 Å². The standard InChI is InChI=1S/C24H25N7O2/c1-5-30-22(32)17-13-26-23(27-15-11-14(2)16-9-10-25-18(16)12-15)29-21(17)31(30)20-8-6-7-19(28-20)24(3,4)33/h6-13,25,33H,5H2,1-4H3,(H,26,27,29). The van der Waals surface area contributed by atoms with Crippen LogP contribution in [-0.4, -0.2) is 34.4 Å². The topological polar surface area (TPSA) is 114 Å². The maximum absolute atomic E-state index is 13.0. The smallest absolute Gasteiger partial charge is 0.278 e. The molecule has 0 aliphatic rings. The van der Waals surface area contributed by atoms with Crippen LogP contribution >= 0.6 is 0 Å². The van der Waals surface area contributed by atoms with Crippen LogP contribution in [0.15, 0.2) is 53.6 Å². The molecule has 1 aromatic carbocycles. The first-order valence-corrected chi connectivity index (χ1v) is 10.8. The molecule has 0 saturated carbocycles. The van der Waals surface area contributed by atoms with Gasteiger partial charge in [-0.15, -0.1) is 0 Å². The second-order valence-corrected chi connectivity index (χ2v) is 8.56. The first kappa shape index (κ1) is 20.9. The maximum atomic E-state index is 13.0. The summed E-state index contributed by atoms with van der Waals surface area (Å²) in [5.41, 5.74) is 2.61. The summed E-state index contributed by atoms with van der Waals surface area (Å²) in [5, 5.41) is 15.2. The van der Waals surface area contributed by atoms with Gasteiger partial charge in [-0.05, 0) is 63.6 Å². The minimum absolute atomic E-state index is 0.196. The van der Waals surface area contributed by atoms with Gasteiger partial charge in [-0.3, -0.25) is 4.79 Å². The molecule has 9 nitrogen and oxygen atoms in total. The van der Waals surface area contributed by atoms with Crippen LogP contribution in [0.25, 0.3) is 27.8 Å². The van der Waals surface area contributed by atoms with Gasteiger partial charge in [0.25, 0.3) is 5.56 Å². The quantitative estimate of drug-likeness (QED) is 0.381. The third-order valence-corrected chi connectivity index (χ3v) is 5.69. The summed E-state index contributed by atoms with van der Waals surface area (Å²) in [7, 11) is 0. The summed E-state index contributed by atoms with van der Waals surface area (Å²) >= 11 is 0. The number of aliphatic hydroxyl groups is 1. The molecule has 33 heavy (non-hydrogen) atoms. The lowest BCUT2D eigenvalue weighted by atomic mass is 10.1. The fourth-order valence-corrected chi connectivity index (χ4v) is 4.04. The zero-order valence-electron chi connectivity index (χ0n) is 18.9. The van der Waals surface area contributed by atoms with Crippen molar-refractivity contribution in [3.8, 4) is 5.82 Å². The molecule has 5 rings (SSSR count). The van der Waals surface area contributed by atoms with E-state index in [9.17, 15) is 9.90 Å². The van der Waals surface area contributed by atoms with E-state index in [-0.39, 0.29) is 5.56 Å². The number of nitrogens with one attached hydrogen (secondary N) is 2. The Kier molecular flexibility index (Phi) is 4.79. The van der Waals surface area contributed by atoms with Crippen molar-refractivity contribution in [1.82, 2.24) is 29.3 Å². The molecule has 0 unspecified atom stereocenters. The molecule has 0 bridgehead atoms. The summed E-state index contributed by atoms with van der Waals surface area (Å²) in [4.78, 5) is 29.9. The molecule has 4 heterocycles. The number of fused-ring (bicyclic) bond motifs is 2. The lowest BCUT2D eigenvalue weighted by molar-refractivity contribution is 0.0738. The van der Waals surface area contributed by atoms with Gasteiger partial charge in [-0.1, -0.05) is 6.07 Å². The van der Waals surface area contributed by atoms with E-state index < -0.39 is 5.60 Å². The minimum atomic E-state index is -1.12. The van der Waals surface area contributed by atoms with Crippen molar-refractivity contribution < 1.29 is 5.11 Å². The third-order valence-electron chi connectivity index (χ3n) is 5.69. The van der Waals surface area contributed by atoms with Gasteiger partial charge in [0, 0.05) is 35.5 Å². The first-order valence-electron chi connectivity index (χ1n) is 10.8. The number of hydrogen-bond donors (Lipinski definition) is 3. The third kappa shape index (κ3) is 3.56. The summed E-state index contributed by atoms with van der Waals surface area (Å²) in [5.74, 6) is 0.866. The highest BCUT2D eigenvalue weighted by Crippen LogP contribution is 2.25. The molecule has 0 amide bonds. The lowest BCUT2D eigenvalue weighted by Crippen LogP contribution is -2.23. The number of nitrogens with zero attached hydrogens (tertiary/aromatic N) is 5. The van der Waals surface area contributed by atoms with E-state index in [1.165, 1.54) is 6.20 Å². The largest absolute Gasteiger partial charge is 0.384 e. The maximum Gasteiger partial charge on any atom is 0.278 e. The Morgan fingerprint density at radius 3 is 2.73 bits per heavy atom. The molecule has 0 radical (unpaired) electrons. The van der Waals surface area contributed by atoms with Crippen molar-refractivity contribution >= 4 is 33.6 Å².